The van der Waals surface area contributed by atoms with Gasteiger partial charge < -0.3 is 14.8 Å². The van der Waals surface area contributed by atoms with E-state index in [9.17, 15) is 4.79 Å². The molecule has 2 rings (SSSR count). The quantitative estimate of drug-likeness (QED) is 0.774. The molecule has 0 aliphatic rings. The molecule has 0 saturated heterocycles. The molecule has 1 atom stereocenters. The normalized spacial score (nSPS) is 12.3. The second kappa shape index (κ2) is 8.75. The molecule has 0 heterocycles. The van der Waals surface area contributed by atoms with Gasteiger partial charge in [0.05, 0.1) is 6.61 Å². The molecule has 2 aromatic carbocycles. The SMILES string of the molecule is CCOc1ccc(-c2ccc(CC(C)NC(=O)OC(C)(C)C)cc2)cc1. The zero-order chi connectivity index (χ0) is 19.2. The Morgan fingerprint density at radius 2 is 1.54 bits per heavy atom. The summed E-state index contributed by atoms with van der Waals surface area (Å²) >= 11 is 0. The lowest BCUT2D eigenvalue weighted by Crippen LogP contribution is -2.38. The molecule has 4 heteroatoms. The summed E-state index contributed by atoms with van der Waals surface area (Å²) in [6.07, 6.45) is 0.374. The van der Waals surface area contributed by atoms with E-state index in [1.54, 1.807) is 0 Å². The highest BCUT2D eigenvalue weighted by Gasteiger charge is 2.17. The van der Waals surface area contributed by atoms with Gasteiger partial charge in [0.25, 0.3) is 0 Å². The molecule has 4 nitrogen and oxygen atoms in total. The van der Waals surface area contributed by atoms with Crippen molar-refractivity contribution in [3.8, 4) is 16.9 Å². The van der Waals surface area contributed by atoms with Crippen molar-refractivity contribution < 1.29 is 14.3 Å². The van der Waals surface area contributed by atoms with Crippen molar-refractivity contribution in [1.29, 1.82) is 0 Å². The Kier molecular flexibility index (Phi) is 6.67. The van der Waals surface area contributed by atoms with E-state index in [2.05, 4.69) is 41.7 Å². The average molecular weight is 355 g/mol. The maximum atomic E-state index is 11.8. The van der Waals surface area contributed by atoms with Crippen molar-refractivity contribution in [2.75, 3.05) is 6.61 Å². The van der Waals surface area contributed by atoms with Crippen LogP contribution in [-0.2, 0) is 11.2 Å². The number of alkyl carbamates (subject to hydrolysis) is 1. The van der Waals surface area contributed by atoms with Crippen molar-refractivity contribution in [2.45, 2.75) is 52.7 Å². The number of nitrogens with one attached hydrogen (secondary N) is 1. The molecule has 0 fully saturated rings. The molecule has 0 aromatic heterocycles. The zero-order valence-electron chi connectivity index (χ0n) is 16.3. The van der Waals surface area contributed by atoms with Crippen molar-refractivity contribution in [2.24, 2.45) is 0 Å². The third kappa shape index (κ3) is 6.43. The van der Waals surface area contributed by atoms with Crippen LogP contribution in [0.5, 0.6) is 5.75 Å². The summed E-state index contributed by atoms with van der Waals surface area (Å²) in [6, 6.07) is 16.5. The maximum Gasteiger partial charge on any atom is 0.407 e. The lowest BCUT2D eigenvalue weighted by molar-refractivity contribution is 0.0508. The second-order valence-electron chi connectivity index (χ2n) is 7.41. The lowest BCUT2D eigenvalue weighted by atomic mass is 10.0. The standard InChI is InChI=1S/C22H29NO3/c1-6-25-20-13-11-19(12-14-20)18-9-7-17(8-10-18)15-16(2)23-21(24)26-22(3,4)5/h7-14,16H,6,15H2,1-5H3,(H,23,24). The Hall–Kier alpha value is -2.49. The molecule has 0 bridgehead atoms. The summed E-state index contributed by atoms with van der Waals surface area (Å²) in [5, 5.41) is 2.87. The first kappa shape index (κ1) is 19.8. The molecule has 0 aliphatic heterocycles. The maximum absolute atomic E-state index is 11.8. The monoisotopic (exact) mass is 355 g/mol. The van der Waals surface area contributed by atoms with E-state index in [0.29, 0.717) is 6.61 Å². The summed E-state index contributed by atoms with van der Waals surface area (Å²) in [5.41, 5.74) is 3.00. The molecule has 1 amide bonds. The zero-order valence-corrected chi connectivity index (χ0v) is 16.3. The number of benzene rings is 2. The predicted octanol–water partition coefficient (Wildman–Crippen LogP) is 5.21. The molecule has 26 heavy (non-hydrogen) atoms. The van der Waals surface area contributed by atoms with Crippen LogP contribution >= 0.6 is 0 Å². The number of carbonyl (C=O) groups excluding carboxylic acids is 1. The molecule has 1 N–H and O–H groups in total. The molecule has 0 saturated carbocycles. The first-order valence-electron chi connectivity index (χ1n) is 9.08. The summed E-state index contributed by atoms with van der Waals surface area (Å²) in [4.78, 5) is 11.8. The van der Waals surface area contributed by atoms with E-state index in [1.165, 1.54) is 5.56 Å². The first-order valence-corrected chi connectivity index (χ1v) is 9.08. The molecule has 2 aromatic rings. The number of hydrogen-bond donors (Lipinski definition) is 1. The highest BCUT2D eigenvalue weighted by atomic mass is 16.6. The minimum atomic E-state index is -0.483. The van der Waals surface area contributed by atoms with Gasteiger partial charge in [0.1, 0.15) is 11.4 Å². The van der Waals surface area contributed by atoms with Crippen LogP contribution in [0.25, 0.3) is 11.1 Å². The Bertz CT molecular complexity index is 700. The fourth-order valence-corrected chi connectivity index (χ4v) is 2.66. The first-order chi connectivity index (χ1) is 12.3. The number of amides is 1. The summed E-state index contributed by atoms with van der Waals surface area (Å²) in [6.45, 7) is 10.2. The summed E-state index contributed by atoms with van der Waals surface area (Å²) in [7, 11) is 0. The predicted molar refractivity (Wildman–Crippen MR) is 106 cm³/mol. The number of rotatable bonds is 6. The smallest absolute Gasteiger partial charge is 0.407 e. The molecular weight excluding hydrogens is 326 g/mol. The van der Waals surface area contributed by atoms with Crippen molar-refractivity contribution >= 4 is 6.09 Å². The van der Waals surface area contributed by atoms with Gasteiger partial charge in [-0.15, -0.1) is 0 Å². The average Bonchev–Trinajstić information content (AvgIpc) is 2.54. The molecule has 0 radical (unpaired) electrons. The lowest BCUT2D eigenvalue weighted by Gasteiger charge is -2.22. The Morgan fingerprint density at radius 1 is 1.00 bits per heavy atom. The van der Waals surface area contributed by atoms with Gasteiger partial charge in [-0.05, 0) is 69.9 Å². The van der Waals surface area contributed by atoms with Gasteiger partial charge in [-0.25, -0.2) is 4.79 Å². The topological polar surface area (TPSA) is 47.6 Å². The highest BCUT2D eigenvalue weighted by molar-refractivity contribution is 5.68. The van der Waals surface area contributed by atoms with E-state index in [1.807, 2.05) is 46.8 Å². The van der Waals surface area contributed by atoms with E-state index >= 15 is 0 Å². The van der Waals surface area contributed by atoms with Crippen LogP contribution in [0.1, 0.15) is 40.2 Å². The van der Waals surface area contributed by atoms with Gasteiger partial charge >= 0.3 is 6.09 Å². The third-order valence-electron chi connectivity index (χ3n) is 3.76. The van der Waals surface area contributed by atoms with Gasteiger partial charge in [0.15, 0.2) is 0 Å². The highest BCUT2D eigenvalue weighted by Crippen LogP contribution is 2.23. The molecule has 140 valence electrons. The molecule has 0 aliphatic carbocycles. The van der Waals surface area contributed by atoms with E-state index in [0.717, 1.165) is 23.3 Å². The van der Waals surface area contributed by atoms with E-state index < -0.39 is 5.60 Å². The van der Waals surface area contributed by atoms with Gasteiger partial charge in [0, 0.05) is 6.04 Å². The molecule has 1 unspecified atom stereocenters. The van der Waals surface area contributed by atoms with Crippen LogP contribution in [0.15, 0.2) is 48.5 Å². The Morgan fingerprint density at radius 3 is 2.04 bits per heavy atom. The van der Waals surface area contributed by atoms with Crippen LogP contribution in [0.3, 0.4) is 0 Å². The number of carbonyl (C=O) groups is 1. The van der Waals surface area contributed by atoms with Crippen LogP contribution in [0.2, 0.25) is 0 Å². The van der Waals surface area contributed by atoms with Gasteiger partial charge in [0.2, 0.25) is 0 Å². The number of ether oxygens (including phenoxy) is 2. The second-order valence-corrected chi connectivity index (χ2v) is 7.41. The van der Waals surface area contributed by atoms with E-state index in [-0.39, 0.29) is 12.1 Å². The van der Waals surface area contributed by atoms with Crippen LogP contribution < -0.4 is 10.1 Å². The van der Waals surface area contributed by atoms with Gasteiger partial charge in [-0.1, -0.05) is 36.4 Å². The Labute approximate surface area is 156 Å². The Balaban J connectivity index is 1.93. The summed E-state index contributed by atoms with van der Waals surface area (Å²) in [5.74, 6) is 0.884. The molecular formula is C22H29NO3. The minimum Gasteiger partial charge on any atom is -0.494 e. The fraction of sp³-hybridized carbons (Fsp3) is 0.409. The molecule has 0 spiro atoms. The van der Waals surface area contributed by atoms with E-state index in [4.69, 9.17) is 9.47 Å². The van der Waals surface area contributed by atoms with Crippen molar-refractivity contribution in [3.05, 3.63) is 54.1 Å². The van der Waals surface area contributed by atoms with Crippen LogP contribution in [0, 0.1) is 0 Å². The van der Waals surface area contributed by atoms with Gasteiger partial charge in [-0.2, -0.15) is 0 Å². The van der Waals surface area contributed by atoms with Crippen molar-refractivity contribution in [1.82, 2.24) is 5.32 Å². The fourth-order valence-electron chi connectivity index (χ4n) is 2.66. The van der Waals surface area contributed by atoms with Gasteiger partial charge in [-0.3, -0.25) is 0 Å². The summed E-state index contributed by atoms with van der Waals surface area (Å²) < 4.78 is 10.8. The third-order valence-corrected chi connectivity index (χ3v) is 3.76. The number of hydrogen-bond acceptors (Lipinski definition) is 3. The van der Waals surface area contributed by atoms with Crippen molar-refractivity contribution in [3.63, 3.8) is 0 Å². The van der Waals surface area contributed by atoms with Crippen LogP contribution in [0.4, 0.5) is 4.79 Å². The van der Waals surface area contributed by atoms with Crippen LogP contribution in [-0.4, -0.2) is 24.3 Å². The minimum absolute atomic E-state index is 0.00109. The largest absolute Gasteiger partial charge is 0.494 e.